The Balaban J connectivity index is 1.39. The minimum atomic E-state index is -0.0936. The van der Waals surface area contributed by atoms with Crippen molar-refractivity contribution in [3.63, 3.8) is 0 Å². The van der Waals surface area contributed by atoms with Gasteiger partial charge in [-0.15, -0.1) is 11.3 Å². The van der Waals surface area contributed by atoms with E-state index in [0.717, 1.165) is 41.7 Å². The van der Waals surface area contributed by atoms with E-state index in [2.05, 4.69) is 21.7 Å². The Kier molecular flexibility index (Phi) is 3.38. The van der Waals surface area contributed by atoms with Gasteiger partial charge in [0.1, 0.15) is 5.52 Å². The van der Waals surface area contributed by atoms with E-state index in [4.69, 9.17) is 14.7 Å². The number of nitrogens with zero attached hydrogens (tertiary/aromatic N) is 5. The predicted octanol–water partition coefficient (Wildman–Crippen LogP) is 1.93. The summed E-state index contributed by atoms with van der Waals surface area (Å²) >= 11 is 1.57. The van der Waals surface area contributed by atoms with E-state index in [9.17, 15) is 4.79 Å². The number of esters is 1. The Hall–Kier alpha value is -1.96. The fraction of sp³-hybridized carbons (Fsp3) is 0.647. The van der Waals surface area contributed by atoms with E-state index in [1.54, 1.807) is 11.3 Å². The van der Waals surface area contributed by atoms with Gasteiger partial charge in [0, 0.05) is 32.1 Å². The van der Waals surface area contributed by atoms with Crippen LogP contribution in [0.3, 0.4) is 0 Å². The van der Waals surface area contributed by atoms with Crippen molar-refractivity contribution in [1.29, 1.82) is 0 Å². The summed E-state index contributed by atoms with van der Waals surface area (Å²) in [5, 5.41) is 0. The van der Waals surface area contributed by atoms with Crippen LogP contribution < -0.4 is 9.80 Å². The van der Waals surface area contributed by atoms with Crippen LogP contribution >= 0.6 is 11.3 Å². The molecule has 0 spiro atoms. The molecule has 0 aromatic carbocycles. The number of methoxy groups -OCH3 is 1. The molecule has 2 aromatic rings. The first kappa shape index (κ1) is 15.3. The van der Waals surface area contributed by atoms with Crippen LogP contribution in [0.4, 0.5) is 11.8 Å². The van der Waals surface area contributed by atoms with Gasteiger partial charge in [0.15, 0.2) is 10.6 Å². The average molecular weight is 359 g/mol. The molecule has 8 heteroatoms. The number of hydrogen-bond acceptors (Lipinski definition) is 8. The molecule has 132 valence electrons. The van der Waals surface area contributed by atoms with Gasteiger partial charge >= 0.3 is 5.97 Å². The van der Waals surface area contributed by atoms with Crippen LogP contribution in [0, 0.1) is 17.8 Å². The molecule has 4 atom stereocenters. The van der Waals surface area contributed by atoms with E-state index in [0.29, 0.717) is 30.2 Å². The summed E-state index contributed by atoms with van der Waals surface area (Å²) < 4.78 is 4.81. The van der Waals surface area contributed by atoms with Crippen LogP contribution in [-0.2, 0) is 9.53 Å². The van der Waals surface area contributed by atoms with Gasteiger partial charge in [0.25, 0.3) is 0 Å². The summed E-state index contributed by atoms with van der Waals surface area (Å²) in [6.07, 6.45) is 1.74. The molecule has 0 amide bonds. The van der Waals surface area contributed by atoms with Crippen molar-refractivity contribution in [1.82, 2.24) is 15.0 Å². The largest absolute Gasteiger partial charge is 0.469 e. The van der Waals surface area contributed by atoms with Crippen molar-refractivity contribution in [3.8, 4) is 0 Å². The van der Waals surface area contributed by atoms with Gasteiger partial charge in [-0.3, -0.25) is 4.79 Å². The van der Waals surface area contributed by atoms with Crippen molar-refractivity contribution in [2.24, 2.45) is 17.8 Å². The normalized spacial score (nSPS) is 30.3. The van der Waals surface area contributed by atoms with Gasteiger partial charge in [-0.05, 0) is 31.1 Å². The highest BCUT2D eigenvalue weighted by molar-refractivity contribution is 7.16. The first-order chi connectivity index (χ1) is 12.2. The van der Waals surface area contributed by atoms with Crippen molar-refractivity contribution < 1.29 is 9.53 Å². The smallest absolute Gasteiger partial charge is 0.305 e. The van der Waals surface area contributed by atoms with E-state index in [-0.39, 0.29) is 5.97 Å². The van der Waals surface area contributed by atoms with E-state index < -0.39 is 0 Å². The Morgan fingerprint density at radius 2 is 2.16 bits per heavy atom. The fourth-order valence-electron chi connectivity index (χ4n) is 4.30. The Labute approximate surface area is 150 Å². The molecule has 4 heterocycles. The van der Waals surface area contributed by atoms with Crippen molar-refractivity contribution in [3.05, 3.63) is 5.51 Å². The standard InChI is InChI=1S/C17H21N5O2S/c1-9-3-4-22(9)17-19-15(14-16(20-17)25-8-18-14)21-6-11-10(12(11)7-21)5-13(23)24-2/h8-12H,3-7H2,1-2H3/t9-,10-,11-,12+/m0/s1. The summed E-state index contributed by atoms with van der Waals surface area (Å²) in [5.41, 5.74) is 2.76. The second kappa shape index (κ2) is 5.52. The van der Waals surface area contributed by atoms with Gasteiger partial charge in [-0.25, -0.2) is 4.98 Å². The molecular formula is C17H21N5O2S. The summed E-state index contributed by atoms with van der Waals surface area (Å²) in [5.74, 6) is 3.33. The molecule has 2 aromatic heterocycles. The molecule has 1 saturated carbocycles. The first-order valence-electron chi connectivity index (χ1n) is 8.85. The molecule has 3 fully saturated rings. The molecule has 1 aliphatic carbocycles. The van der Waals surface area contributed by atoms with Crippen LogP contribution in [-0.4, -0.2) is 53.7 Å². The summed E-state index contributed by atoms with van der Waals surface area (Å²) in [6, 6.07) is 0.509. The summed E-state index contributed by atoms with van der Waals surface area (Å²) in [6.45, 7) is 5.14. The number of carbonyl (C=O) groups excluding carboxylic acids is 1. The highest BCUT2D eigenvalue weighted by atomic mass is 32.1. The zero-order chi connectivity index (χ0) is 17.1. The highest BCUT2D eigenvalue weighted by Gasteiger charge is 2.56. The van der Waals surface area contributed by atoms with Gasteiger partial charge in [0.05, 0.1) is 12.6 Å². The maximum Gasteiger partial charge on any atom is 0.305 e. The molecule has 25 heavy (non-hydrogen) atoms. The number of rotatable bonds is 4. The molecule has 0 N–H and O–H groups in total. The summed E-state index contributed by atoms with van der Waals surface area (Å²) in [4.78, 5) is 31.2. The number of fused-ring (bicyclic) bond motifs is 2. The zero-order valence-corrected chi connectivity index (χ0v) is 15.2. The van der Waals surface area contributed by atoms with Gasteiger partial charge < -0.3 is 14.5 Å². The van der Waals surface area contributed by atoms with Crippen molar-refractivity contribution in [2.75, 3.05) is 36.5 Å². The molecule has 0 radical (unpaired) electrons. The molecule has 7 nitrogen and oxygen atoms in total. The fourth-order valence-corrected chi connectivity index (χ4v) is 4.95. The maximum absolute atomic E-state index is 11.5. The Morgan fingerprint density at radius 1 is 1.36 bits per heavy atom. The second-order valence-electron chi connectivity index (χ2n) is 7.36. The average Bonchev–Trinajstić information content (AvgIpc) is 3.02. The minimum absolute atomic E-state index is 0.0936. The molecule has 3 aliphatic rings. The maximum atomic E-state index is 11.5. The molecule has 5 rings (SSSR count). The number of aromatic nitrogens is 3. The quantitative estimate of drug-likeness (QED) is 0.773. The lowest BCUT2D eigenvalue weighted by molar-refractivity contribution is -0.141. The topological polar surface area (TPSA) is 71.5 Å². The molecule has 2 aliphatic heterocycles. The van der Waals surface area contributed by atoms with Crippen LogP contribution in [0.5, 0.6) is 0 Å². The number of ether oxygens (including phenoxy) is 1. The van der Waals surface area contributed by atoms with Crippen molar-refractivity contribution >= 4 is 39.4 Å². The Morgan fingerprint density at radius 3 is 2.80 bits per heavy atom. The van der Waals surface area contributed by atoms with Gasteiger partial charge in [-0.2, -0.15) is 9.97 Å². The van der Waals surface area contributed by atoms with E-state index in [1.807, 2.05) is 5.51 Å². The number of piperidine rings is 1. The number of anilines is 2. The van der Waals surface area contributed by atoms with Gasteiger partial charge in [0.2, 0.25) is 5.95 Å². The number of thiazole rings is 1. The van der Waals surface area contributed by atoms with E-state index in [1.165, 1.54) is 13.5 Å². The monoisotopic (exact) mass is 359 g/mol. The van der Waals surface area contributed by atoms with Crippen LogP contribution in [0.15, 0.2) is 5.51 Å². The Bertz CT molecular complexity index is 828. The van der Waals surface area contributed by atoms with Crippen LogP contribution in [0.1, 0.15) is 19.8 Å². The summed E-state index contributed by atoms with van der Waals surface area (Å²) in [7, 11) is 1.46. The zero-order valence-electron chi connectivity index (χ0n) is 14.4. The predicted molar refractivity (Wildman–Crippen MR) is 96.0 cm³/mol. The molecule has 0 bridgehead atoms. The van der Waals surface area contributed by atoms with E-state index >= 15 is 0 Å². The third-order valence-corrected chi connectivity index (χ3v) is 6.76. The minimum Gasteiger partial charge on any atom is -0.469 e. The number of hydrogen-bond donors (Lipinski definition) is 0. The highest BCUT2D eigenvalue weighted by Crippen LogP contribution is 2.54. The lowest BCUT2D eigenvalue weighted by atomic mass is 10.1. The SMILES string of the molecule is COC(=O)C[C@@H]1[C@H]2CN(c3nc(N4CC[C@@H]4C)nc4scnc34)C[C@@H]12. The van der Waals surface area contributed by atoms with Crippen molar-refractivity contribution in [2.45, 2.75) is 25.8 Å². The first-order valence-corrected chi connectivity index (χ1v) is 9.73. The number of carbonyl (C=O) groups is 1. The lowest BCUT2D eigenvalue weighted by Gasteiger charge is -2.39. The molecule has 2 saturated heterocycles. The molecular weight excluding hydrogens is 338 g/mol. The molecule has 0 unspecified atom stereocenters. The van der Waals surface area contributed by atoms with Crippen LogP contribution in [0.25, 0.3) is 10.3 Å². The second-order valence-corrected chi connectivity index (χ2v) is 8.19. The van der Waals surface area contributed by atoms with Gasteiger partial charge in [-0.1, -0.05) is 0 Å². The van der Waals surface area contributed by atoms with Crippen LogP contribution in [0.2, 0.25) is 0 Å². The third kappa shape index (κ3) is 2.38. The lowest BCUT2D eigenvalue weighted by Crippen LogP contribution is -2.46. The third-order valence-electron chi connectivity index (χ3n) is 6.05.